The lowest BCUT2D eigenvalue weighted by molar-refractivity contribution is -0.0834. The fourth-order valence-corrected chi connectivity index (χ4v) is 6.45. The minimum Gasteiger partial charge on any atom is -0.490 e. The van der Waals surface area contributed by atoms with Crippen LogP contribution in [0.25, 0.3) is 16.6 Å². The van der Waals surface area contributed by atoms with Crippen LogP contribution >= 0.6 is 0 Å². The minimum atomic E-state index is -0.964. The Hall–Kier alpha value is -4.45. The van der Waals surface area contributed by atoms with Crippen LogP contribution in [-0.2, 0) is 13.2 Å². The molecule has 2 fully saturated rings. The number of hydrogen-bond donors (Lipinski definition) is 5. The Labute approximate surface area is 260 Å². The van der Waals surface area contributed by atoms with Gasteiger partial charge >= 0.3 is 0 Å². The summed E-state index contributed by atoms with van der Waals surface area (Å²) < 4.78 is 13.5. The predicted molar refractivity (Wildman–Crippen MR) is 166 cm³/mol. The highest BCUT2D eigenvalue weighted by atomic mass is 16.5. The fourth-order valence-electron chi connectivity index (χ4n) is 6.45. The van der Waals surface area contributed by atoms with Crippen LogP contribution in [0.5, 0.6) is 11.5 Å². The van der Waals surface area contributed by atoms with Gasteiger partial charge in [0.25, 0.3) is 11.8 Å². The molecule has 1 spiro atoms. The molecular formula is C34H38N4O7. The largest absolute Gasteiger partial charge is 0.490 e. The monoisotopic (exact) mass is 614 g/mol. The third kappa shape index (κ3) is 6.51. The number of rotatable bonds is 11. The first-order valence-corrected chi connectivity index (χ1v) is 15.0. The summed E-state index contributed by atoms with van der Waals surface area (Å²) in [6.07, 6.45) is 6.44. The lowest BCUT2D eigenvalue weighted by Crippen LogP contribution is -2.58. The summed E-state index contributed by atoms with van der Waals surface area (Å²) in [7, 11) is 0. The highest BCUT2D eigenvalue weighted by Crippen LogP contribution is 2.57. The number of ether oxygens (including phenoxy) is 2. The van der Waals surface area contributed by atoms with Crippen molar-refractivity contribution in [2.24, 2.45) is 11.1 Å². The molecule has 0 radical (unpaired) electrons. The van der Waals surface area contributed by atoms with Crippen LogP contribution in [0.2, 0.25) is 0 Å². The Balaban J connectivity index is 1.06. The highest BCUT2D eigenvalue weighted by molar-refractivity contribution is 6.01. The van der Waals surface area contributed by atoms with Gasteiger partial charge in [0.1, 0.15) is 18.1 Å². The van der Waals surface area contributed by atoms with Crippen LogP contribution in [0.15, 0.2) is 60.9 Å². The van der Waals surface area contributed by atoms with Gasteiger partial charge in [-0.15, -0.1) is 0 Å². The summed E-state index contributed by atoms with van der Waals surface area (Å²) >= 11 is 0. The molecule has 2 aromatic heterocycles. The Bertz CT molecular complexity index is 1720. The van der Waals surface area contributed by atoms with E-state index in [2.05, 4.69) is 10.4 Å². The molecule has 2 heterocycles. The Morgan fingerprint density at radius 3 is 2.36 bits per heavy atom. The lowest BCUT2D eigenvalue weighted by atomic mass is 9.53. The average molecular weight is 615 g/mol. The van der Waals surface area contributed by atoms with Gasteiger partial charge in [-0.05, 0) is 104 Å². The van der Waals surface area contributed by atoms with E-state index >= 15 is 0 Å². The zero-order valence-corrected chi connectivity index (χ0v) is 25.3. The van der Waals surface area contributed by atoms with E-state index in [4.69, 9.17) is 15.2 Å². The lowest BCUT2D eigenvalue weighted by Gasteiger charge is -2.57. The molecular weight excluding hydrogens is 576 g/mol. The van der Waals surface area contributed by atoms with Gasteiger partial charge in [-0.1, -0.05) is 12.1 Å². The molecule has 0 bridgehead atoms. The number of benzene rings is 2. The summed E-state index contributed by atoms with van der Waals surface area (Å²) in [5.41, 5.74) is 9.14. The number of nitrogens with two attached hydrogens (primary N) is 1. The van der Waals surface area contributed by atoms with Crippen molar-refractivity contribution < 1.29 is 34.4 Å². The van der Waals surface area contributed by atoms with Crippen molar-refractivity contribution in [1.82, 2.24) is 14.9 Å². The van der Waals surface area contributed by atoms with Gasteiger partial charge in [0, 0.05) is 6.04 Å². The van der Waals surface area contributed by atoms with Gasteiger partial charge in [-0.25, -0.2) is 4.52 Å². The van der Waals surface area contributed by atoms with E-state index in [-0.39, 0.29) is 43.3 Å². The molecule has 11 heteroatoms. The normalized spacial score (nSPS) is 20.8. The van der Waals surface area contributed by atoms with E-state index in [9.17, 15) is 24.9 Å². The van der Waals surface area contributed by atoms with Crippen molar-refractivity contribution in [1.29, 1.82) is 0 Å². The van der Waals surface area contributed by atoms with E-state index in [0.717, 1.165) is 36.8 Å². The molecule has 2 aliphatic rings. The molecule has 11 nitrogen and oxygen atoms in total. The molecule has 6 N–H and O–H groups in total. The molecule has 2 amide bonds. The SMILES string of the molecule is CC(C)(O)COc1ccc2c(C(=O)NC3CC4(C3)CC(Oc3cc(-c5cc(CO)cc(CO)c5)ccc3C(N)=O)C4)cnn2c1. The molecule has 4 aromatic rings. The molecule has 2 saturated carbocycles. The number of carbonyl (C=O) groups is 2. The molecule has 2 aliphatic carbocycles. The number of aliphatic hydroxyl groups is 3. The first-order valence-electron chi connectivity index (χ1n) is 15.0. The molecule has 236 valence electrons. The standard InChI is InChI=1S/C34H38N4O7/c1-33(2,43)19-44-25-4-6-29-28(15-36-38(29)16-25)32(42)37-24-11-34(12-24)13-26(14-34)45-30-10-22(3-5-27(30)31(35)41)23-8-20(17-39)7-21(9-23)18-40/h3-10,15-16,24,26,39-40,43H,11-14,17-19H2,1-2H3,(H2,35,41)(H,37,42). The summed E-state index contributed by atoms with van der Waals surface area (Å²) in [6, 6.07) is 14.2. The number of carbonyl (C=O) groups excluding carboxylic acids is 2. The van der Waals surface area contributed by atoms with Gasteiger partial charge in [0.05, 0.1) is 54.0 Å². The number of pyridine rings is 1. The van der Waals surface area contributed by atoms with Crippen molar-refractivity contribution in [2.75, 3.05) is 6.61 Å². The Morgan fingerprint density at radius 2 is 1.71 bits per heavy atom. The van der Waals surface area contributed by atoms with Gasteiger partial charge in [0.15, 0.2) is 0 Å². The molecule has 2 aromatic carbocycles. The topological polar surface area (TPSA) is 169 Å². The van der Waals surface area contributed by atoms with Crippen LogP contribution in [0.4, 0.5) is 0 Å². The second kappa shape index (κ2) is 11.8. The molecule has 0 saturated heterocycles. The quantitative estimate of drug-likeness (QED) is 0.171. The van der Waals surface area contributed by atoms with Gasteiger partial charge in [-0.3, -0.25) is 9.59 Å². The smallest absolute Gasteiger partial charge is 0.255 e. The minimum absolute atomic E-state index is 0.0480. The number of fused-ring (bicyclic) bond motifs is 1. The van der Waals surface area contributed by atoms with Gasteiger partial charge < -0.3 is 35.8 Å². The first-order chi connectivity index (χ1) is 21.4. The third-order valence-electron chi connectivity index (χ3n) is 8.63. The molecule has 0 aliphatic heterocycles. The van der Waals surface area contributed by atoms with Crippen LogP contribution < -0.4 is 20.5 Å². The molecule has 45 heavy (non-hydrogen) atoms. The van der Waals surface area contributed by atoms with Crippen LogP contribution in [0.1, 0.15) is 71.4 Å². The molecule has 6 rings (SSSR count). The van der Waals surface area contributed by atoms with Crippen molar-refractivity contribution in [3.05, 3.63) is 83.2 Å². The number of aromatic nitrogens is 2. The van der Waals surface area contributed by atoms with Gasteiger partial charge in [0.2, 0.25) is 0 Å². The number of nitrogens with zero attached hydrogens (tertiary/aromatic N) is 2. The second-order valence-electron chi connectivity index (χ2n) is 13.0. The predicted octanol–water partition coefficient (Wildman–Crippen LogP) is 3.35. The van der Waals surface area contributed by atoms with Crippen molar-refractivity contribution >= 4 is 17.3 Å². The number of amides is 2. The highest BCUT2D eigenvalue weighted by Gasteiger charge is 2.54. The maximum Gasteiger partial charge on any atom is 0.255 e. The van der Waals surface area contributed by atoms with Crippen LogP contribution in [0, 0.1) is 5.41 Å². The Morgan fingerprint density at radius 1 is 1.00 bits per heavy atom. The van der Waals surface area contributed by atoms with E-state index in [1.165, 1.54) is 0 Å². The zero-order valence-electron chi connectivity index (χ0n) is 25.3. The summed E-state index contributed by atoms with van der Waals surface area (Å²) in [5.74, 6) is 0.192. The second-order valence-corrected chi connectivity index (χ2v) is 13.0. The van der Waals surface area contributed by atoms with Crippen molar-refractivity contribution in [3.8, 4) is 22.6 Å². The van der Waals surface area contributed by atoms with E-state index < -0.39 is 11.5 Å². The van der Waals surface area contributed by atoms with Crippen LogP contribution in [0.3, 0.4) is 0 Å². The van der Waals surface area contributed by atoms with E-state index in [0.29, 0.717) is 39.3 Å². The third-order valence-corrected chi connectivity index (χ3v) is 8.63. The number of hydrogen-bond acceptors (Lipinski definition) is 8. The number of nitrogens with one attached hydrogen (secondary N) is 1. The summed E-state index contributed by atoms with van der Waals surface area (Å²) in [6.45, 7) is 3.15. The number of primary amides is 1. The van der Waals surface area contributed by atoms with E-state index in [1.807, 2.05) is 12.1 Å². The average Bonchev–Trinajstić information content (AvgIpc) is 3.40. The molecule has 0 atom stereocenters. The fraction of sp³-hybridized carbons (Fsp3) is 0.382. The zero-order chi connectivity index (χ0) is 31.9. The maximum atomic E-state index is 13.1. The first kappa shape index (κ1) is 30.6. The summed E-state index contributed by atoms with van der Waals surface area (Å²) in [4.78, 5) is 25.3. The van der Waals surface area contributed by atoms with Crippen LogP contribution in [-0.4, -0.2) is 61.1 Å². The summed E-state index contributed by atoms with van der Waals surface area (Å²) in [5, 5.41) is 36.6. The van der Waals surface area contributed by atoms with Gasteiger partial charge in [-0.2, -0.15) is 5.10 Å². The van der Waals surface area contributed by atoms with Crippen molar-refractivity contribution in [3.63, 3.8) is 0 Å². The van der Waals surface area contributed by atoms with E-state index in [1.54, 1.807) is 67.2 Å². The molecule has 0 unspecified atom stereocenters. The van der Waals surface area contributed by atoms with Crippen molar-refractivity contribution in [2.45, 2.75) is 70.5 Å². The number of aliphatic hydroxyl groups excluding tert-OH is 2. The Kier molecular flexibility index (Phi) is 8.02. The maximum absolute atomic E-state index is 13.1.